The summed E-state index contributed by atoms with van der Waals surface area (Å²) >= 11 is 0. The van der Waals surface area contributed by atoms with Crippen LogP contribution in [0.4, 0.5) is 4.79 Å². The molecular weight excluding hydrogens is 706 g/mol. The van der Waals surface area contributed by atoms with E-state index < -0.39 is 80.3 Å². The Morgan fingerprint density at radius 1 is 1.11 bits per heavy atom. The predicted octanol–water partition coefficient (Wildman–Crippen LogP) is 2.97. The molecule has 2 aliphatic heterocycles. The number of methoxy groups -OCH3 is 1. The molecule has 0 bridgehead atoms. The highest BCUT2D eigenvalue weighted by Gasteiger charge is 2.62. The summed E-state index contributed by atoms with van der Waals surface area (Å²) in [7, 11) is -2.35. The van der Waals surface area contributed by atoms with Gasteiger partial charge >= 0.3 is 6.09 Å². The van der Waals surface area contributed by atoms with E-state index in [4.69, 9.17) is 18.9 Å². The summed E-state index contributed by atoms with van der Waals surface area (Å²) in [5, 5.41) is 6.45. The van der Waals surface area contributed by atoms with Gasteiger partial charge in [0, 0.05) is 23.9 Å². The number of fused-ring (bicyclic) bond motifs is 3. The molecule has 53 heavy (non-hydrogen) atoms. The maximum absolute atomic E-state index is 14.7. The minimum Gasteiger partial charge on any atom is -0.497 e. The van der Waals surface area contributed by atoms with Gasteiger partial charge in [-0.3, -0.25) is 19.1 Å². The standard InChI is InChI=1S/C37H49N5O10S/c1-21-16-22(2)50-15-7-8-24-19-37(24,34(45)41-53(47,48)27-10-11-27)40-31(43)29-18-26(20-42(29)33(44)30(21)39-35(46)52-36(3,4)5)51-32-28-12-9-25(49-6)17-23(28)13-14-38-32/h7-9,12-14,17,21-22,24,26-27,29-30H,10-11,15-16,18-20H2,1-6H3,(H,39,46)(H,40,43)(H,41,45)/b8-7-/t21-,22+,24-,26-,29+,30+,37-/m1/s1. The van der Waals surface area contributed by atoms with Gasteiger partial charge in [-0.15, -0.1) is 0 Å². The fourth-order valence-corrected chi connectivity index (χ4v) is 8.44. The molecule has 4 aliphatic rings. The van der Waals surface area contributed by atoms with E-state index in [1.165, 1.54) is 4.90 Å². The van der Waals surface area contributed by atoms with Crippen LogP contribution < -0.4 is 24.8 Å². The first-order valence-corrected chi connectivity index (χ1v) is 19.6. The van der Waals surface area contributed by atoms with Crippen LogP contribution in [0, 0.1) is 11.8 Å². The summed E-state index contributed by atoms with van der Waals surface area (Å²) in [5.41, 5.74) is -2.40. The van der Waals surface area contributed by atoms with Crippen LogP contribution in [0.1, 0.15) is 66.7 Å². The van der Waals surface area contributed by atoms with E-state index in [9.17, 15) is 27.6 Å². The normalized spacial score (nSPS) is 30.1. The average Bonchev–Trinajstić information content (AvgIpc) is 4.01. The Morgan fingerprint density at radius 2 is 1.87 bits per heavy atom. The van der Waals surface area contributed by atoms with Crippen molar-refractivity contribution >= 4 is 44.6 Å². The number of benzene rings is 1. The Labute approximate surface area is 309 Å². The zero-order valence-electron chi connectivity index (χ0n) is 30.9. The van der Waals surface area contributed by atoms with Gasteiger partial charge in [0.1, 0.15) is 35.1 Å². The molecular formula is C37H49N5O10S. The van der Waals surface area contributed by atoms with E-state index in [1.54, 1.807) is 52.3 Å². The molecule has 0 spiro atoms. The first-order chi connectivity index (χ1) is 25.0. The second kappa shape index (κ2) is 14.8. The van der Waals surface area contributed by atoms with Crippen LogP contribution in [0.15, 0.2) is 42.6 Å². The molecule has 0 unspecified atom stereocenters. The van der Waals surface area contributed by atoms with E-state index in [1.807, 2.05) is 32.0 Å². The van der Waals surface area contributed by atoms with Crippen molar-refractivity contribution in [3.05, 3.63) is 42.6 Å². The van der Waals surface area contributed by atoms with Crippen molar-refractivity contribution in [2.24, 2.45) is 11.8 Å². The van der Waals surface area contributed by atoms with Gasteiger partial charge < -0.3 is 34.5 Å². The molecule has 3 fully saturated rings. The zero-order chi connectivity index (χ0) is 38.3. The lowest BCUT2D eigenvalue weighted by atomic mass is 9.94. The van der Waals surface area contributed by atoms with Gasteiger partial charge in [0.15, 0.2) is 0 Å². The third kappa shape index (κ3) is 8.69. The number of nitrogens with one attached hydrogen (secondary N) is 3. The largest absolute Gasteiger partial charge is 0.497 e. The minimum absolute atomic E-state index is 0.0252. The first kappa shape index (κ1) is 38.3. The smallest absolute Gasteiger partial charge is 0.408 e. The number of carbonyl (C=O) groups is 4. The highest BCUT2D eigenvalue weighted by Crippen LogP contribution is 2.46. The molecule has 2 aromatic rings. The van der Waals surface area contributed by atoms with E-state index >= 15 is 0 Å². The van der Waals surface area contributed by atoms with Crippen molar-refractivity contribution in [1.82, 2.24) is 25.2 Å². The van der Waals surface area contributed by atoms with Crippen molar-refractivity contribution in [1.29, 1.82) is 0 Å². The van der Waals surface area contributed by atoms with Gasteiger partial charge in [-0.2, -0.15) is 0 Å². The van der Waals surface area contributed by atoms with Gasteiger partial charge in [0.2, 0.25) is 27.7 Å². The Hall–Kier alpha value is -4.44. The highest BCUT2D eigenvalue weighted by molar-refractivity contribution is 7.91. The second-order valence-electron chi connectivity index (χ2n) is 15.5. The topological polar surface area (TPSA) is 192 Å². The number of pyridine rings is 1. The molecule has 2 aliphatic carbocycles. The third-order valence-corrected chi connectivity index (χ3v) is 11.9. The molecule has 1 saturated heterocycles. The number of sulfonamides is 1. The van der Waals surface area contributed by atoms with Crippen molar-refractivity contribution in [3.8, 4) is 11.6 Å². The summed E-state index contributed by atoms with van der Waals surface area (Å²) in [6.07, 6.45) is 4.69. The molecule has 3 heterocycles. The number of carbonyl (C=O) groups excluding carboxylic acids is 4. The van der Waals surface area contributed by atoms with Crippen molar-refractivity contribution in [3.63, 3.8) is 0 Å². The fraction of sp³-hybridized carbons (Fsp3) is 0.595. The maximum atomic E-state index is 14.7. The molecule has 7 atom stereocenters. The number of hydrogen-bond donors (Lipinski definition) is 3. The van der Waals surface area contributed by atoms with E-state index in [-0.39, 0.29) is 32.1 Å². The van der Waals surface area contributed by atoms with Crippen LogP contribution in [0.2, 0.25) is 0 Å². The van der Waals surface area contributed by atoms with E-state index in [0.717, 1.165) is 5.39 Å². The SMILES string of the molecule is COc1ccc2c(O[C@@H]3C[C@H]4C(=O)N[C@]5(C(=O)NS(=O)(=O)C6CC6)C[C@H]5/C=C\CO[C@@H](C)C[C@@H](C)[C@H](NC(=O)OC(C)(C)C)C(=O)N4C3)nccc2c1. The predicted molar refractivity (Wildman–Crippen MR) is 193 cm³/mol. The highest BCUT2D eigenvalue weighted by atomic mass is 32.2. The fourth-order valence-electron chi connectivity index (χ4n) is 7.08. The van der Waals surface area contributed by atoms with Crippen LogP contribution in [-0.2, 0) is 33.9 Å². The lowest BCUT2D eigenvalue weighted by Crippen LogP contribution is -2.59. The molecule has 16 heteroatoms. The first-order valence-electron chi connectivity index (χ1n) is 18.1. The van der Waals surface area contributed by atoms with Crippen molar-refractivity contribution in [2.45, 2.75) is 107 Å². The van der Waals surface area contributed by atoms with Crippen LogP contribution in [0.3, 0.4) is 0 Å². The van der Waals surface area contributed by atoms with Crippen LogP contribution in [-0.4, -0.2) is 103 Å². The number of rotatable bonds is 7. The van der Waals surface area contributed by atoms with Gasteiger partial charge in [-0.1, -0.05) is 19.1 Å². The summed E-state index contributed by atoms with van der Waals surface area (Å²) in [4.78, 5) is 61.7. The van der Waals surface area contributed by atoms with Crippen molar-refractivity contribution < 1.29 is 46.5 Å². The average molecular weight is 756 g/mol. The number of hydrogen-bond acceptors (Lipinski definition) is 11. The Kier molecular flexibility index (Phi) is 10.7. The quantitative estimate of drug-likeness (QED) is 0.352. The maximum Gasteiger partial charge on any atom is 0.408 e. The van der Waals surface area contributed by atoms with Crippen LogP contribution >= 0.6 is 0 Å². The monoisotopic (exact) mass is 755 g/mol. The summed E-state index contributed by atoms with van der Waals surface area (Å²) in [6.45, 7) is 8.94. The van der Waals surface area contributed by atoms with E-state index in [2.05, 4.69) is 20.3 Å². The van der Waals surface area contributed by atoms with Gasteiger partial charge in [0.05, 0.1) is 31.6 Å². The zero-order valence-corrected chi connectivity index (χ0v) is 31.7. The molecule has 0 radical (unpaired) electrons. The Morgan fingerprint density at radius 3 is 2.57 bits per heavy atom. The minimum atomic E-state index is -3.92. The molecule has 6 rings (SSSR count). The summed E-state index contributed by atoms with van der Waals surface area (Å²) < 4.78 is 51.2. The lowest BCUT2D eigenvalue weighted by Gasteiger charge is -2.33. The third-order valence-electron chi connectivity index (χ3n) is 10.1. The van der Waals surface area contributed by atoms with Crippen LogP contribution in [0.5, 0.6) is 11.6 Å². The number of aromatic nitrogens is 1. The van der Waals surface area contributed by atoms with E-state index in [0.29, 0.717) is 36.3 Å². The number of alkyl carbamates (subject to hydrolysis) is 1. The molecule has 1 aromatic heterocycles. The van der Waals surface area contributed by atoms with Crippen molar-refractivity contribution in [2.75, 3.05) is 20.3 Å². The molecule has 15 nitrogen and oxygen atoms in total. The summed E-state index contributed by atoms with van der Waals surface area (Å²) in [5.74, 6) is -2.07. The van der Waals surface area contributed by atoms with Gasteiger partial charge in [-0.05, 0) is 88.9 Å². The molecule has 4 amide bonds. The number of ether oxygens (including phenoxy) is 4. The lowest BCUT2D eigenvalue weighted by molar-refractivity contribution is -0.142. The Balaban J connectivity index is 1.34. The summed E-state index contributed by atoms with van der Waals surface area (Å²) in [6, 6.07) is 4.98. The molecule has 288 valence electrons. The molecule has 3 N–H and O–H groups in total. The number of nitrogens with zero attached hydrogens (tertiary/aromatic N) is 2. The Bertz CT molecular complexity index is 1890. The molecule has 1 aromatic carbocycles. The molecule has 2 saturated carbocycles. The van der Waals surface area contributed by atoms with Gasteiger partial charge in [-0.25, -0.2) is 18.2 Å². The second-order valence-corrected chi connectivity index (χ2v) is 17.5. The van der Waals surface area contributed by atoms with Crippen LogP contribution in [0.25, 0.3) is 10.8 Å². The van der Waals surface area contributed by atoms with Gasteiger partial charge in [0.25, 0.3) is 5.91 Å². The number of amides is 4.